The summed E-state index contributed by atoms with van der Waals surface area (Å²) < 4.78 is 90.9. The maximum absolute atomic E-state index is 8.85. The molecule has 1 nitrogen and oxygen atoms in total. The largest absolute Gasteiger partial charge is 0.455 e. The molecule has 1 heteroatoms. The molecule has 1 aromatic heterocycles. The predicted octanol–water partition coefficient (Wildman–Crippen LogP) is 13.7. The molecule has 0 saturated carbocycles. The molecular weight excluding hydrogens is 593 g/mol. The van der Waals surface area contributed by atoms with Crippen molar-refractivity contribution in [1.82, 2.24) is 0 Å². The van der Waals surface area contributed by atoms with Crippen LogP contribution in [0.5, 0.6) is 0 Å². The van der Waals surface area contributed by atoms with Crippen molar-refractivity contribution in [2.75, 3.05) is 0 Å². The van der Waals surface area contributed by atoms with Crippen LogP contribution in [0.4, 0.5) is 0 Å². The van der Waals surface area contributed by atoms with Gasteiger partial charge >= 0.3 is 0 Å². The molecule has 0 aliphatic carbocycles. The van der Waals surface area contributed by atoms with Gasteiger partial charge in [0.25, 0.3) is 0 Å². The Morgan fingerprint density at radius 1 is 0.388 bits per heavy atom. The summed E-state index contributed by atoms with van der Waals surface area (Å²) >= 11 is 0. The molecule has 0 fully saturated rings. The maximum Gasteiger partial charge on any atom is 0.143 e. The SMILES string of the molecule is [2H]c1c([2H])c([2H])c(-c2ccc3c(ccc4c3oc3cccc(-c5c6ccccc6c(-c6ccccc6-c6c([2H])c([2H])c([2H])c([2H])c6[2H])c6ccccc56)c34)c2)c([2H])c1[2H]. The molecule has 0 aliphatic heterocycles. The third-order valence-electron chi connectivity index (χ3n) is 9.43. The van der Waals surface area contributed by atoms with Crippen molar-refractivity contribution < 1.29 is 18.1 Å². The summed E-state index contributed by atoms with van der Waals surface area (Å²) in [5.41, 5.74) is 6.25. The molecule has 49 heavy (non-hydrogen) atoms. The molecule has 0 radical (unpaired) electrons. The van der Waals surface area contributed by atoms with E-state index in [1.54, 1.807) is 6.07 Å². The lowest BCUT2D eigenvalue weighted by atomic mass is 9.83. The minimum absolute atomic E-state index is 0.142. The van der Waals surface area contributed by atoms with Crippen molar-refractivity contribution in [3.8, 4) is 44.5 Å². The van der Waals surface area contributed by atoms with Crippen LogP contribution in [0.3, 0.4) is 0 Å². The normalized spacial score (nSPS) is 14.5. The van der Waals surface area contributed by atoms with E-state index in [-0.39, 0.29) is 59.5 Å². The van der Waals surface area contributed by atoms with Crippen LogP contribution in [-0.4, -0.2) is 0 Å². The Bertz CT molecular complexity index is 3350. The van der Waals surface area contributed by atoms with E-state index in [9.17, 15) is 0 Å². The first-order valence-corrected chi connectivity index (χ1v) is 16.0. The molecule has 228 valence electrons. The lowest BCUT2D eigenvalue weighted by molar-refractivity contribution is 0.673. The third-order valence-corrected chi connectivity index (χ3v) is 9.43. The second-order valence-corrected chi connectivity index (χ2v) is 12.0. The van der Waals surface area contributed by atoms with Gasteiger partial charge in [-0.25, -0.2) is 0 Å². The summed E-state index contributed by atoms with van der Waals surface area (Å²) in [6.45, 7) is 0. The van der Waals surface area contributed by atoms with Gasteiger partial charge in [-0.15, -0.1) is 0 Å². The summed E-state index contributed by atoms with van der Waals surface area (Å²) in [4.78, 5) is 0. The van der Waals surface area contributed by atoms with E-state index in [2.05, 4.69) is 30.3 Å². The van der Waals surface area contributed by atoms with Crippen molar-refractivity contribution in [2.45, 2.75) is 0 Å². The molecule has 1 heterocycles. The van der Waals surface area contributed by atoms with Gasteiger partial charge < -0.3 is 4.42 Å². The van der Waals surface area contributed by atoms with Gasteiger partial charge in [0.1, 0.15) is 11.2 Å². The monoisotopic (exact) mass is 632 g/mol. The van der Waals surface area contributed by atoms with E-state index in [1.807, 2.05) is 84.9 Å². The first kappa shape index (κ1) is 19.4. The number of hydrogen-bond acceptors (Lipinski definition) is 1. The lowest BCUT2D eigenvalue weighted by Crippen LogP contribution is -1.93. The van der Waals surface area contributed by atoms with Crippen LogP contribution in [0.2, 0.25) is 0 Å². The summed E-state index contributed by atoms with van der Waals surface area (Å²) in [5.74, 6) is 0. The smallest absolute Gasteiger partial charge is 0.143 e. The molecule has 0 N–H and O–H groups in total. The fraction of sp³-hybridized carbons (Fsp3) is 0. The Hall–Kier alpha value is -6.44. The second-order valence-electron chi connectivity index (χ2n) is 12.0. The second kappa shape index (κ2) is 11.1. The van der Waals surface area contributed by atoms with Crippen LogP contribution < -0.4 is 0 Å². The fourth-order valence-corrected chi connectivity index (χ4v) is 7.38. The van der Waals surface area contributed by atoms with Gasteiger partial charge in [-0.1, -0.05) is 157 Å². The van der Waals surface area contributed by atoms with Crippen LogP contribution in [-0.2, 0) is 0 Å². The Morgan fingerprint density at radius 3 is 1.61 bits per heavy atom. The minimum atomic E-state index is -0.437. The number of hydrogen-bond donors (Lipinski definition) is 0. The average Bonchev–Trinajstić information content (AvgIpc) is 3.65. The molecule has 0 spiro atoms. The van der Waals surface area contributed by atoms with Gasteiger partial charge in [-0.3, -0.25) is 0 Å². The Kier molecular flexibility index (Phi) is 4.39. The Morgan fingerprint density at radius 2 is 0.939 bits per heavy atom. The van der Waals surface area contributed by atoms with E-state index in [1.165, 1.54) is 0 Å². The highest BCUT2D eigenvalue weighted by Gasteiger charge is 2.22. The number of rotatable bonds is 4. The first-order valence-electron chi connectivity index (χ1n) is 21.0. The molecular formula is C48H30O. The van der Waals surface area contributed by atoms with E-state index in [0.29, 0.717) is 22.3 Å². The van der Waals surface area contributed by atoms with Crippen LogP contribution in [0.15, 0.2) is 186 Å². The van der Waals surface area contributed by atoms with Gasteiger partial charge in [0.2, 0.25) is 0 Å². The van der Waals surface area contributed by atoms with Crippen molar-refractivity contribution in [3.05, 3.63) is 182 Å². The van der Waals surface area contributed by atoms with E-state index < -0.39 is 12.1 Å². The van der Waals surface area contributed by atoms with Crippen LogP contribution in [0.1, 0.15) is 13.7 Å². The van der Waals surface area contributed by atoms with E-state index in [4.69, 9.17) is 18.1 Å². The highest BCUT2D eigenvalue weighted by Crippen LogP contribution is 2.48. The zero-order chi connectivity index (χ0) is 41.0. The highest BCUT2D eigenvalue weighted by molar-refractivity contribution is 6.27. The first-order chi connectivity index (χ1) is 28.5. The molecule has 0 saturated heterocycles. The summed E-state index contributed by atoms with van der Waals surface area (Å²) in [6, 6.07) is 35.8. The number of fused-ring (bicyclic) bond motifs is 7. The summed E-state index contributed by atoms with van der Waals surface area (Å²) in [6.07, 6.45) is 0. The summed E-state index contributed by atoms with van der Waals surface area (Å²) in [5, 5.41) is 7.19. The molecule has 0 bridgehead atoms. The van der Waals surface area contributed by atoms with Gasteiger partial charge in [-0.2, -0.15) is 0 Å². The van der Waals surface area contributed by atoms with Crippen molar-refractivity contribution in [1.29, 1.82) is 0 Å². The molecule has 0 amide bonds. The molecule has 0 aliphatic rings. The zero-order valence-electron chi connectivity index (χ0n) is 36.0. The number of benzene rings is 9. The highest BCUT2D eigenvalue weighted by atomic mass is 16.3. The maximum atomic E-state index is 8.85. The molecule has 10 aromatic rings. The number of furan rings is 1. The average molecular weight is 633 g/mol. The minimum Gasteiger partial charge on any atom is -0.455 e. The lowest BCUT2D eigenvalue weighted by Gasteiger charge is -2.20. The molecule has 10 rings (SSSR count). The van der Waals surface area contributed by atoms with E-state index >= 15 is 0 Å². The molecule has 0 atom stereocenters. The van der Waals surface area contributed by atoms with Gasteiger partial charge in [0.05, 0.1) is 13.7 Å². The summed E-state index contributed by atoms with van der Waals surface area (Å²) in [7, 11) is 0. The topological polar surface area (TPSA) is 13.1 Å². The van der Waals surface area contributed by atoms with Gasteiger partial charge in [0.15, 0.2) is 0 Å². The standard InChI is InChI=1S/C48H30O/c1-3-14-31(15-4-1)33-26-28-36-34(30-33)27-29-43-47-42(24-13-25-44(47)49-48(36)43)46-40-22-11-9-20-38(40)45(39-21-10-12-23-41(39)46)37-19-8-7-18-35(37)32-16-5-2-6-17-32/h1-30H/i1D,2D,3D,4D,5D,6D,14D,15D,16D,17D. The zero-order valence-corrected chi connectivity index (χ0v) is 26.0. The Balaban J connectivity index is 1.23. The van der Waals surface area contributed by atoms with Crippen LogP contribution in [0.25, 0.3) is 98.8 Å². The fourth-order valence-electron chi connectivity index (χ4n) is 7.38. The van der Waals surface area contributed by atoms with Gasteiger partial charge in [0, 0.05) is 16.2 Å². The Labute approximate surface area is 298 Å². The quantitative estimate of drug-likeness (QED) is 0.176. The van der Waals surface area contributed by atoms with Crippen molar-refractivity contribution in [2.24, 2.45) is 0 Å². The van der Waals surface area contributed by atoms with Crippen molar-refractivity contribution in [3.63, 3.8) is 0 Å². The molecule has 0 unspecified atom stereocenters. The van der Waals surface area contributed by atoms with E-state index in [0.717, 1.165) is 65.3 Å². The third kappa shape index (κ3) is 4.33. The van der Waals surface area contributed by atoms with Crippen LogP contribution in [0, 0.1) is 0 Å². The predicted molar refractivity (Wildman–Crippen MR) is 208 cm³/mol. The van der Waals surface area contributed by atoms with Crippen molar-refractivity contribution >= 4 is 54.3 Å². The van der Waals surface area contributed by atoms with Gasteiger partial charge in [-0.05, 0) is 95.7 Å². The van der Waals surface area contributed by atoms with Crippen LogP contribution >= 0.6 is 0 Å². The molecule has 9 aromatic carbocycles.